The Bertz CT molecular complexity index is 1490. The van der Waals surface area contributed by atoms with Crippen LogP contribution in [0, 0.1) is 5.82 Å². The summed E-state index contributed by atoms with van der Waals surface area (Å²) in [6.07, 6.45) is -4.77. The molecule has 0 aliphatic carbocycles. The zero-order valence-electron chi connectivity index (χ0n) is 20.0. The summed E-state index contributed by atoms with van der Waals surface area (Å²) in [6, 6.07) is 1.09. The number of likely N-dealkylation sites (tertiary alicyclic amines) is 1. The highest BCUT2D eigenvalue weighted by Gasteiger charge is 2.53. The minimum Gasteiger partial charge on any atom is -0.488 e. The standard InChI is InChI=1S/C21H19Cl2F4N5O6S/c1-9(21(25,26)27)28-18(34)19(35)32-6-20(7-32)8-38-14-13(31(2)16(23)15(14)39(36,37)30-20)17(33)29-10-3-4-12(24)11(22)5-10/h3-5,9,30H,6-8H2,1-2H3,(H,28,34)(H,29,33). The predicted octanol–water partition coefficient (Wildman–Crippen LogP) is 2.04. The molecular formula is C21H19Cl2F4N5O6S. The molecule has 0 bridgehead atoms. The van der Waals surface area contributed by atoms with Gasteiger partial charge in [0, 0.05) is 25.8 Å². The van der Waals surface area contributed by atoms with Gasteiger partial charge in [-0.25, -0.2) is 12.8 Å². The zero-order valence-corrected chi connectivity index (χ0v) is 22.3. The van der Waals surface area contributed by atoms with E-state index in [1.54, 1.807) is 0 Å². The summed E-state index contributed by atoms with van der Waals surface area (Å²) in [7, 11) is -3.16. The first-order valence-corrected chi connectivity index (χ1v) is 13.2. The summed E-state index contributed by atoms with van der Waals surface area (Å²) < 4.78 is 87.1. The highest BCUT2D eigenvalue weighted by molar-refractivity contribution is 7.89. The normalized spacial score (nSPS) is 18.3. The Hall–Kier alpha value is -3.08. The van der Waals surface area contributed by atoms with E-state index in [1.165, 1.54) is 18.4 Å². The van der Waals surface area contributed by atoms with Crippen LogP contribution in [-0.4, -0.2) is 73.1 Å². The van der Waals surface area contributed by atoms with E-state index in [2.05, 4.69) is 10.0 Å². The molecular weight excluding hydrogens is 597 g/mol. The Labute approximate surface area is 228 Å². The highest BCUT2D eigenvalue weighted by atomic mass is 35.5. The number of fused-ring (bicyclic) bond motifs is 1. The van der Waals surface area contributed by atoms with Gasteiger partial charge in [0.15, 0.2) is 16.3 Å². The van der Waals surface area contributed by atoms with Crippen molar-refractivity contribution in [2.75, 3.05) is 25.0 Å². The topological polar surface area (TPSA) is 139 Å². The number of benzene rings is 1. The van der Waals surface area contributed by atoms with Crippen molar-refractivity contribution in [3.8, 4) is 5.75 Å². The number of hydrogen-bond acceptors (Lipinski definition) is 6. The predicted molar refractivity (Wildman–Crippen MR) is 129 cm³/mol. The smallest absolute Gasteiger partial charge is 0.408 e. The minimum absolute atomic E-state index is 0.0924. The number of nitrogens with zero attached hydrogens (tertiary/aromatic N) is 2. The van der Waals surface area contributed by atoms with Gasteiger partial charge in [-0.3, -0.25) is 14.4 Å². The number of rotatable bonds is 3. The van der Waals surface area contributed by atoms with Crippen molar-refractivity contribution in [1.29, 1.82) is 0 Å². The lowest BCUT2D eigenvalue weighted by Crippen LogP contribution is -2.74. The number of carbonyl (C=O) groups is 3. The van der Waals surface area contributed by atoms with Crippen molar-refractivity contribution in [1.82, 2.24) is 19.5 Å². The van der Waals surface area contributed by atoms with Gasteiger partial charge in [-0.05, 0) is 25.1 Å². The van der Waals surface area contributed by atoms with Crippen LogP contribution >= 0.6 is 23.2 Å². The summed E-state index contributed by atoms with van der Waals surface area (Å²) in [5.74, 6) is -4.81. The molecule has 1 atom stereocenters. The molecule has 3 N–H and O–H groups in total. The lowest BCUT2D eigenvalue weighted by Gasteiger charge is -2.48. The maximum absolute atomic E-state index is 13.5. The van der Waals surface area contributed by atoms with E-state index >= 15 is 0 Å². The van der Waals surface area contributed by atoms with Gasteiger partial charge in [0.1, 0.15) is 29.2 Å². The van der Waals surface area contributed by atoms with Crippen molar-refractivity contribution in [2.24, 2.45) is 7.05 Å². The second kappa shape index (κ2) is 9.83. The van der Waals surface area contributed by atoms with Gasteiger partial charge >= 0.3 is 18.0 Å². The number of hydrogen-bond donors (Lipinski definition) is 3. The number of halogens is 6. The summed E-state index contributed by atoms with van der Waals surface area (Å²) in [5.41, 5.74) is -1.67. The summed E-state index contributed by atoms with van der Waals surface area (Å²) >= 11 is 12.0. The van der Waals surface area contributed by atoms with Gasteiger partial charge in [-0.1, -0.05) is 23.2 Å². The van der Waals surface area contributed by atoms with Gasteiger partial charge < -0.3 is 24.8 Å². The molecule has 11 nitrogen and oxygen atoms in total. The molecule has 39 heavy (non-hydrogen) atoms. The maximum Gasteiger partial charge on any atom is 0.408 e. The molecule has 3 amide bonds. The lowest BCUT2D eigenvalue weighted by atomic mass is 9.92. The Morgan fingerprint density at radius 2 is 1.85 bits per heavy atom. The first-order chi connectivity index (χ1) is 18.0. The van der Waals surface area contributed by atoms with Gasteiger partial charge in [-0.15, -0.1) is 0 Å². The van der Waals surface area contributed by atoms with Crippen LogP contribution in [0.2, 0.25) is 10.2 Å². The molecule has 2 aliphatic rings. The molecule has 18 heteroatoms. The zero-order chi connectivity index (χ0) is 29.1. The fourth-order valence-corrected chi connectivity index (χ4v) is 6.31. The third-order valence-corrected chi connectivity index (χ3v) is 8.51. The van der Waals surface area contributed by atoms with E-state index in [1.807, 2.05) is 0 Å². The first-order valence-electron chi connectivity index (χ1n) is 10.9. The molecule has 0 saturated carbocycles. The second-order valence-corrected chi connectivity index (χ2v) is 11.4. The maximum atomic E-state index is 13.5. The summed E-state index contributed by atoms with van der Waals surface area (Å²) in [6.45, 7) is -0.590. The Morgan fingerprint density at radius 1 is 1.21 bits per heavy atom. The third kappa shape index (κ3) is 5.37. The molecule has 2 aromatic rings. The van der Waals surface area contributed by atoms with E-state index in [9.17, 15) is 40.4 Å². The van der Waals surface area contributed by atoms with Gasteiger partial charge in [0.05, 0.1) is 5.02 Å². The van der Waals surface area contributed by atoms with E-state index in [0.717, 1.165) is 21.6 Å². The average Bonchev–Trinajstić information content (AvgIpc) is 2.98. The Morgan fingerprint density at radius 3 is 2.44 bits per heavy atom. The molecule has 1 aromatic carbocycles. The lowest BCUT2D eigenvalue weighted by molar-refractivity contribution is -0.164. The Balaban J connectivity index is 1.54. The van der Waals surface area contributed by atoms with Crippen molar-refractivity contribution >= 4 is 56.6 Å². The number of ether oxygens (including phenoxy) is 1. The van der Waals surface area contributed by atoms with Crippen LogP contribution in [0.4, 0.5) is 23.2 Å². The molecule has 1 fully saturated rings. The number of alkyl halides is 3. The molecule has 1 saturated heterocycles. The molecule has 1 unspecified atom stereocenters. The number of sulfonamides is 1. The summed E-state index contributed by atoms with van der Waals surface area (Å²) in [5, 5.41) is 3.33. The first kappa shape index (κ1) is 28.9. The third-order valence-electron chi connectivity index (χ3n) is 6.05. The number of amides is 3. The van der Waals surface area contributed by atoms with Gasteiger partial charge in [-0.2, -0.15) is 17.9 Å². The minimum atomic E-state index is -4.77. The van der Waals surface area contributed by atoms with Crippen LogP contribution in [0.25, 0.3) is 0 Å². The number of carbonyl (C=O) groups excluding carboxylic acids is 3. The molecule has 3 heterocycles. The van der Waals surface area contributed by atoms with Crippen LogP contribution in [-0.2, 0) is 26.7 Å². The molecule has 1 aromatic heterocycles. The second-order valence-electron chi connectivity index (χ2n) is 9.01. The van der Waals surface area contributed by atoms with Crippen molar-refractivity contribution in [3.63, 3.8) is 0 Å². The van der Waals surface area contributed by atoms with Crippen LogP contribution in [0.1, 0.15) is 17.4 Å². The largest absolute Gasteiger partial charge is 0.488 e. The monoisotopic (exact) mass is 615 g/mol. The highest BCUT2D eigenvalue weighted by Crippen LogP contribution is 2.41. The Kier molecular flexibility index (Phi) is 7.29. The molecule has 0 radical (unpaired) electrons. The quantitative estimate of drug-likeness (QED) is 0.357. The molecule has 2 aliphatic heterocycles. The van der Waals surface area contributed by atoms with Crippen LogP contribution in [0.3, 0.4) is 0 Å². The molecule has 4 rings (SSSR count). The van der Waals surface area contributed by atoms with E-state index < -0.39 is 81.7 Å². The van der Waals surface area contributed by atoms with Gasteiger partial charge in [0.25, 0.3) is 5.91 Å². The van der Waals surface area contributed by atoms with Gasteiger partial charge in [0.2, 0.25) is 10.0 Å². The van der Waals surface area contributed by atoms with E-state index in [4.69, 9.17) is 27.9 Å². The SMILES string of the molecule is CC(NC(=O)C(=O)N1CC2(COc3c(c(Cl)n(C)c3C(=O)Nc3ccc(F)c(Cl)c3)S(=O)(=O)N2)C1)C(F)(F)F. The van der Waals surface area contributed by atoms with Crippen LogP contribution in [0.5, 0.6) is 5.75 Å². The van der Waals surface area contributed by atoms with Crippen molar-refractivity contribution in [3.05, 3.63) is 39.9 Å². The van der Waals surface area contributed by atoms with E-state index in [-0.39, 0.29) is 21.6 Å². The van der Waals surface area contributed by atoms with Crippen LogP contribution in [0.15, 0.2) is 23.1 Å². The summed E-state index contributed by atoms with van der Waals surface area (Å²) in [4.78, 5) is 37.6. The fourth-order valence-electron chi connectivity index (χ4n) is 4.03. The number of nitrogens with one attached hydrogen (secondary N) is 3. The van der Waals surface area contributed by atoms with Crippen molar-refractivity contribution < 1.29 is 45.1 Å². The van der Waals surface area contributed by atoms with Crippen molar-refractivity contribution in [2.45, 2.75) is 29.6 Å². The average molecular weight is 616 g/mol. The fraction of sp³-hybridized carbons (Fsp3) is 0.381. The van der Waals surface area contributed by atoms with Crippen LogP contribution < -0.4 is 20.1 Å². The molecule has 1 spiro atoms. The molecule has 212 valence electrons. The number of anilines is 1. The van der Waals surface area contributed by atoms with E-state index in [0.29, 0.717) is 6.92 Å². The number of aromatic nitrogens is 1.